The topological polar surface area (TPSA) is 38.3 Å². The van der Waals surface area contributed by atoms with Crippen LogP contribution in [0.2, 0.25) is 0 Å². The third kappa shape index (κ3) is 2.67. The van der Waals surface area contributed by atoms with E-state index in [1.807, 2.05) is 6.92 Å². The van der Waals surface area contributed by atoms with Gasteiger partial charge in [0.15, 0.2) is 0 Å². The van der Waals surface area contributed by atoms with Crippen LogP contribution >= 0.6 is 0 Å². The number of nitrogens with one attached hydrogen (secondary N) is 1. The number of amides is 1. The fraction of sp³-hybridized carbons (Fsp3) is 0.938. The van der Waals surface area contributed by atoms with Gasteiger partial charge in [0.25, 0.3) is 0 Å². The lowest BCUT2D eigenvalue weighted by Gasteiger charge is -2.38. The maximum atomic E-state index is 11.3. The Hall–Kier alpha value is -0.570. The highest BCUT2D eigenvalue weighted by atomic mass is 16.5. The van der Waals surface area contributed by atoms with Crippen LogP contribution in [-0.2, 0) is 9.53 Å². The maximum Gasteiger partial charge on any atom is 0.219 e. The second-order valence-electron chi connectivity index (χ2n) is 6.61. The standard InChI is InChI=1S/C16H27NO2/c1-2-15(18)17-9-7-12-4-3-11-5-6-14-13(16(11)12)8-10-19-14/h11-14,16H,2-10H2,1H3,(H,17,18)/t11?,12-,13?,14?,16?/m0/s1. The molecule has 0 bridgehead atoms. The van der Waals surface area contributed by atoms with Gasteiger partial charge in [-0.25, -0.2) is 0 Å². The van der Waals surface area contributed by atoms with Gasteiger partial charge in [-0.1, -0.05) is 6.92 Å². The molecule has 0 spiro atoms. The molecule has 4 unspecified atom stereocenters. The minimum atomic E-state index is 0.195. The Labute approximate surface area is 116 Å². The molecule has 1 saturated heterocycles. The van der Waals surface area contributed by atoms with E-state index in [4.69, 9.17) is 4.74 Å². The summed E-state index contributed by atoms with van der Waals surface area (Å²) in [4.78, 5) is 11.3. The first-order valence-corrected chi connectivity index (χ1v) is 8.18. The van der Waals surface area contributed by atoms with Crippen molar-refractivity contribution in [2.24, 2.45) is 23.7 Å². The van der Waals surface area contributed by atoms with E-state index >= 15 is 0 Å². The van der Waals surface area contributed by atoms with Gasteiger partial charge in [-0.3, -0.25) is 4.79 Å². The molecule has 5 atom stereocenters. The van der Waals surface area contributed by atoms with E-state index in [1.54, 1.807) is 0 Å². The second-order valence-corrected chi connectivity index (χ2v) is 6.61. The number of carbonyl (C=O) groups excluding carboxylic acids is 1. The summed E-state index contributed by atoms with van der Waals surface area (Å²) in [6.45, 7) is 3.78. The first-order valence-electron chi connectivity index (χ1n) is 8.18. The van der Waals surface area contributed by atoms with Gasteiger partial charge in [0.2, 0.25) is 5.91 Å². The third-order valence-electron chi connectivity index (χ3n) is 5.73. The normalized spacial score (nSPS) is 40.8. The molecule has 1 amide bonds. The number of fused-ring (bicyclic) bond motifs is 3. The summed E-state index contributed by atoms with van der Waals surface area (Å²) in [6.07, 6.45) is 9.09. The SMILES string of the molecule is CCC(=O)NCC[C@@H]1CCC2CCC3OCCC3C21. The fourth-order valence-corrected chi connectivity index (χ4v) is 4.87. The maximum absolute atomic E-state index is 11.3. The van der Waals surface area contributed by atoms with E-state index in [1.165, 1.54) is 38.5 Å². The minimum absolute atomic E-state index is 0.195. The van der Waals surface area contributed by atoms with E-state index < -0.39 is 0 Å². The molecule has 108 valence electrons. The van der Waals surface area contributed by atoms with E-state index in [0.717, 1.165) is 36.8 Å². The highest BCUT2D eigenvalue weighted by Crippen LogP contribution is 2.53. The molecule has 3 fully saturated rings. The average Bonchev–Trinajstić information content (AvgIpc) is 3.03. The summed E-state index contributed by atoms with van der Waals surface area (Å²) < 4.78 is 5.90. The first-order chi connectivity index (χ1) is 9.29. The van der Waals surface area contributed by atoms with Gasteiger partial charge in [-0.2, -0.15) is 0 Å². The fourth-order valence-electron chi connectivity index (χ4n) is 4.87. The minimum Gasteiger partial charge on any atom is -0.378 e. The molecule has 3 rings (SSSR count). The van der Waals surface area contributed by atoms with Crippen molar-refractivity contribution in [1.82, 2.24) is 5.32 Å². The quantitative estimate of drug-likeness (QED) is 0.849. The van der Waals surface area contributed by atoms with Crippen LogP contribution in [0.4, 0.5) is 0 Å². The highest BCUT2D eigenvalue weighted by molar-refractivity contribution is 5.75. The Morgan fingerprint density at radius 1 is 1.21 bits per heavy atom. The summed E-state index contributed by atoms with van der Waals surface area (Å²) in [7, 11) is 0. The van der Waals surface area contributed by atoms with Crippen LogP contribution in [0.1, 0.15) is 51.9 Å². The molecule has 1 aliphatic heterocycles. The Kier molecular flexibility index (Phi) is 4.11. The predicted octanol–water partition coefficient (Wildman–Crippen LogP) is 2.74. The number of hydrogen-bond donors (Lipinski definition) is 1. The molecule has 0 radical (unpaired) electrons. The second kappa shape index (κ2) is 5.82. The summed E-state index contributed by atoms with van der Waals surface area (Å²) >= 11 is 0. The van der Waals surface area contributed by atoms with Gasteiger partial charge in [-0.15, -0.1) is 0 Å². The van der Waals surface area contributed by atoms with Crippen LogP contribution < -0.4 is 5.32 Å². The smallest absolute Gasteiger partial charge is 0.219 e. The van der Waals surface area contributed by atoms with Crippen LogP contribution in [0.25, 0.3) is 0 Å². The monoisotopic (exact) mass is 265 g/mol. The molecular weight excluding hydrogens is 238 g/mol. The van der Waals surface area contributed by atoms with Crippen molar-refractivity contribution in [1.29, 1.82) is 0 Å². The van der Waals surface area contributed by atoms with Gasteiger partial charge >= 0.3 is 0 Å². The number of ether oxygens (including phenoxy) is 1. The van der Waals surface area contributed by atoms with Crippen LogP contribution in [-0.4, -0.2) is 25.2 Å². The van der Waals surface area contributed by atoms with E-state index in [-0.39, 0.29) is 5.91 Å². The molecule has 0 aromatic heterocycles. The molecule has 1 heterocycles. The molecule has 3 heteroatoms. The van der Waals surface area contributed by atoms with E-state index in [2.05, 4.69) is 5.32 Å². The molecule has 0 aromatic rings. The average molecular weight is 265 g/mol. The zero-order chi connectivity index (χ0) is 13.2. The molecule has 19 heavy (non-hydrogen) atoms. The van der Waals surface area contributed by atoms with Crippen molar-refractivity contribution in [2.45, 2.75) is 58.0 Å². The summed E-state index contributed by atoms with van der Waals surface area (Å²) in [5.74, 6) is 3.69. The van der Waals surface area contributed by atoms with Gasteiger partial charge in [0.05, 0.1) is 6.10 Å². The number of hydrogen-bond acceptors (Lipinski definition) is 2. The molecule has 3 nitrogen and oxygen atoms in total. The first kappa shape index (κ1) is 13.4. The molecular formula is C16H27NO2. The van der Waals surface area contributed by atoms with Gasteiger partial charge in [0.1, 0.15) is 0 Å². The van der Waals surface area contributed by atoms with Crippen LogP contribution in [0.15, 0.2) is 0 Å². The van der Waals surface area contributed by atoms with E-state index in [0.29, 0.717) is 12.5 Å². The van der Waals surface area contributed by atoms with Gasteiger partial charge in [0, 0.05) is 19.6 Å². The lowest BCUT2D eigenvalue weighted by atomic mass is 9.68. The van der Waals surface area contributed by atoms with Crippen molar-refractivity contribution < 1.29 is 9.53 Å². The molecule has 0 aromatic carbocycles. The third-order valence-corrected chi connectivity index (χ3v) is 5.73. The Bertz CT molecular complexity index is 331. The van der Waals surface area contributed by atoms with Crippen LogP contribution in [0.3, 0.4) is 0 Å². The lowest BCUT2D eigenvalue weighted by molar-refractivity contribution is -0.120. The Morgan fingerprint density at radius 2 is 2.05 bits per heavy atom. The Morgan fingerprint density at radius 3 is 2.89 bits per heavy atom. The van der Waals surface area contributed by atoms with Crippen molar-refractivity contribution in [2.75, 3.05) is 13.2 Å². The lowest BCUT2D eigenvalue weighted by Crippen LogP contribution is -2.36. The summed E-state index contributed by atoms with van der Waals surface area (Å²) in [5.41, 5.74) is 0. The van der Waals surface area contributed by atoms with Crippen molar-refractivity contribution in [3.05, 3.63) is 0 Å². The Balaban J connectivity index is 1.55. The van der Waals surface area contributed by atoms with Crippen LogP contribution in [0, 0.1) is 23.7 Å². The molecule has 2 aliphatic carbocycles. The summed E-state index contributed by atoms with van der Waals surface area (Å²) in [5, 5.41) is 3.04. The predicted molar refractivity (Wildman–Crippen MR) is 74.7 cm³/mol. The van der Waals surface area contributed by atoms with Gasteiger partial charge < -0.3 is 10.1 Å². The van der Waals surface area contributed by atoms with Crippen molar-refractivity contribution >= 4 is 5.91 Å². The van der Waals surface area contributed by atoms with Gasteiger partial charge in [-0.05, 0) is 62.2 Å². The zero-order valence-electron chi connectivity index (χ0n) is 12.1. The van der Waals surface area contributed by atoms with Crippen molar-refractivity contribution in [3.63, 3.8) is 0 Å². The van der Waals surface area contributed by atoms with Crippen molar-refractivity contribution in [3.8, 4) is 0 Å². The molecule has 3 aliphatic rings. The van der Waals surface area contributed by atoms with Crippen LogP contribution in [0.5, 0.6) is 0 Å². The molecule has 2 saturated carbocycles. The van der Waals surface area contributed by atoms with E-state index in [9.17, 15) is 4.79 Å². The zero-order valence-corrected chi connectivity index (χ0v) is 12.1. The number of rotatable bonds is 4. The molecule has 1 N–H and O–H groups in total. The largest absolute Gasteiger partial charge is 0.378 e. The highest BCUT2D eigenvalue weighted by Gasteiger charge is 2.48. The number of carbonyl (C=O) groups is 1. The summed E-state index contributed by atoms with van der Waals surface area (Å²) in [6, 6.07) is 0.